The Morgan fingerprint density at radius 1 is 1.33 bits per heavy atom. The summed E-state index contributed by atoms with van der Waals surface area (Å²) >= 11 is 5.74. The van der Waals surface area contributed by atoms with Crippen LogP contribution in [-0.2, 0) is 6.54 Å². The van der Waals surface area contributed by atoms with Crippen molar-refractivity contribution in [2.75, 3.05) is 17.7 Å². The maximum Gasteiger partial charge on any atom is 0.239 e. The van der Waals surface area contributed by atoms with Crippen molar-refractivity contribution in [3.05, 3.63) is 46.7 Å². The van der Waals surface area contributed by atoms with Crippen LogP contribution >= 0.6 is 11.6 Å². The van der Waals surface area contributed by atoms with E-state index in [2.05, 4.69) is 10.3 Å². The van der Waals surface area contributed by atoms with Crippen molar-refractivity contribution in [1.82, 2.24) is 4.98 Å². The maximum absolute atomic E-state index is 13.1. The molecule has 0 spiro atoms. The topological polar surface area (TPSA) is 60.2 Å². The van der Waals surface area contributed by atoms with Crippen molar-refractivity contribution in [3.63, 3.8) is 0 Å². The molecule has 0 amide bonds. The number of rotatable bonds is 6. The summed E-state index contributed by atoms with van der Waals surface area (Å²) in [6, 6.07) is 8.08. The van der Waals surface area contributed by atoms with Crippen LogP contribution in [-0.4, -0.2) is 11.6 Å². The molecule has 4 nitrogen and oxygen atoms in total. The van der Waals surface area contributed by atoms with Gasteiger partial charge >= 0.3 is 0 Å². The first-order valence-corrected chi connectivity index (χ1v) is 7.05. The number of pyridine rings is 1. The van der Waals surface area contributed by atoms with Gasteiger partial charge in [-0.25, -0.2) is 4.39 Å². The molecule has 1 heterocycles. The summed E-state index contributed by atoms with van der Waals surface area (Å²) < 4.78 is 18.5. The first-order chi connectivity index (χ1) is 10.1. The van der Waals surface area contributed by atoms with Crippen molar-refractivity contribution in [2.45, 2.75) is 19.9 Å². The largest absolute Gasteiger partial charge is 0.476 e. The minimum atomic E-state index is -0.429. The van der Waals surface area contributed by atoms with Crippen molar-refractivity contribution in [1.29, 1.82) is 0 Å². The molecule has 0 aliphatic carbocycles. The summed E-state index contributed by atoms with van der Waals surface area (Å²) in [7, 11) is 0. The summed E-state index contributed by atoms with van der Waals surface area (Å²) in [6.07, 6.45) is 0.882. The smallest absolute Gasteiger partial charge is 0.239 e. The molecule has 6 heteroatoms. The van der Waals surface area contributed by atoms with Gasteiger partial charge in [-0.3, -0.25) is 0 Å². The van der Waals surface area contributed by atoms with Crippen molar-refractivity contribution in [3.8, 4) is 5.88 Å². The van der Waals surface area contributed by atoms with Crippen molar-refractivity contribution < 1.29 is 9.13 Å². The van der Waals surface area contributed by atoms with Crippen LogP contribution in [0.2, 0.25) is 5.02 Å². The van der Waals surface area contributed by atoms with Crippen LogP contribution in [0.1, 0.15) is 18.9 Å². The van der Waals surface area contributed by atoms with E-state index in [1.165, 1.54) is 6.07 Å². The molecule has 0 saturated heterocycles. The average Bonchev–Trinajstić information content (AvgIpc) is 2.48. The lowest BCUT2D eigenvalue weighted by Gasteiger charge is -2.10. The Kier molecular flexibility index (Phi) is 5.22. The fourth-order valence-electron chi connectivity index (χ4n) is 1.71. The highest BCUT2D eigenvalue weighted by Gasteiger charge is 2.05. The Bertz CT molecular complexity index is 622. The van der Waals surface area contributed by atoms with E-state index in [1.54, 1.807) is 24.3 Å². The average molecular weight is 310 g/mol. The highest BCUT2D eigenvalue weighted by atomic mass is 35.5. The predicted octanol–water partition coefficient (Wildman–Crippen LogP) is 3.86. The van der Waals surface area contributed by atoms with E-state index in [9.17, 15) is 4.39 Å². The molecule has 1 aromatic heterocycles. The zero-order valence-electron chi connectivity index (χ0n) is 11.7. The molecule has 3 N–H and O–H groups in total. The van der Waals surface area contributed by atoms with Crippen LogP contribution in [0.25, 0.3) is 0 Å². The molecule has 112 valence electrons. The van der Waals surface area contributed by atoms with Crippen LogP contribution in [0.4, 0.5) is 15.9 Å². The molecule has 0 atom stereocenters. The third-order valence-corrected chi connectivity index (χ3v) is 3.08. The van der Waals surface area contributed by atoms with Crippen LogP contribution < -0.4 is 15.8 Å². The first-order valence-electron chi connectivity index (χ1n) is 6.67. The van der Waals surface area contributed by atoms with E-state index in [1.807, 2.05) is 6.92 Å². The molecule has 0 fully saturated rings. The molecule has 0 saturated carbocycles. The number of anilines is 2. The Balaban J connectivity index is 2.03. The Hall–Kier alpha value is -2.01. The fourth-order valence-corrected chi connectivity index (χ4v) is 1.91. The molecule has 21 heavy (non-hydrogen) atoms. The summed E-state index contributed by atoms with van der Waals surface area (Å²) in [6.45, 7) is 3.05. The number of ether oxygens (including phenoxy) is 1. The van der Waals surface area contributed by atoms with Crippen LogP contribution in [0.15, 0.2) is 30.3 Å². The minimum absolute atomic E-state index is 0.103. The van der Waals surface area contributed by atoms with Gasteiger partial charge in [-0.2, -0.15) is 4.98 Å². The number of nitrogens with one attached hydrogen (secondary N) is 1. The molecule has 0 radical (unpaired) electrons. The van der Waals surface area contributed by atoms with Gasteiger partial charge in [-0.15, -0.1) is 0 Å². The second kappa shape index (κ2) is 7.13. The highest BCUT2D eigenvalue weighted by Crippen LogP contribution is 2.22. The molecule has 0 aliphatic rings. The SMILES string of the molecule is CCCOc1nc(NCc2ccc(F)c(Cl)c2)ccc1N. The normalized spacial score (nSPS) is 10.4. The minimum Gasteiger partial charge on any atom is -0.476 e. The zero-order chi connectivity index (χ0) is 15.2. The Labute approximate surface area is 128 Å². The zero-order valence-corrected chi connectivity index (χ0v) is 12.5. The van der Waals surface area contributed by atoms with E-state index >= 15 is 0 Å². The molecular formula is C15H17ClFN3O. The predicted molar refractivity (Wildman–Crippen MR) is 83.2 cm³/mol. The quantitative estimate of drug-likeness (QED) is 0.850. The standard InChI is InChI=1S/C15H17ClFN3O/c1-2-7-21-15-13(18)5-6-14(20-15)19-9-10-3-4-12(17)11(16)8-10/h3-6,8H,2,7,9,18H2,1H3,(H,19,20). The molecule has 1 aromatic carbocycles. The van der Waals surface area contributed by atoms with Crippen molar-refractivity contribution in [2.24, 2.45) is 0 Å². The second-order valence-corrected chi connectivity index (χ2v) is 4.95. The number of hydrogen-bond acceptors (Lipinski definition) is 4. The van der Waals surface area contributed by atoms with E-state index in [0.29, 0.717) is 30.5 Å². The van der Waals surface area contributed by atoms with Crippen molar-refractivity contribution >= 4 is 23.1 Å². The summed E-state index contributed by atoms with van der Waals surface area (Å²) in [5.74, 6) is 0.621. The van der Waals surface area contributed by atoms with Gasteiger partial charge in [0.15, 0.2) is 0 Å². The highest BCUT2D eigenvalue weighted by molar-refractivity contribution is 6.30. The lowest BCUT2D eigenvalue weighted by atomic mass is 10.2. The number of halogens is 2. The van der Waals surface area contributed by atoms with Gasteiger partial charge in [0.25, 0.3) is 0 Å². The molecule has 0 unspecified atom stereocenters. The fraction of sp³-hybridized carbons (Fsp3) is 0.267. The molecule has 0 bridgehead atoms. The second-order valence-electron chi connectivity index (χ2n) is 4.54. The van der Waals surface area contributed by atoms with E-state index in [0.717, 1.165) is 12.0 Å². The lowest BCUT2D eigenvalue weighted by Crippen LogP contribution is -2.05. The van der Waals surface area contributed by atoms with Gasteiger partial charge in [-0.1, -0.05) is 24.6 Å². The van der Waals surface area contributed by atoms with Gasteiger partial charge in [0, 0.05) is 6.54 Å². The van der Waals surface area contributed by atoms with Crippen LogP contribution in [0.3, 0.4) is 0 Å². The first kappa shape index (κ1) is 15.4. The number of nitrogen functional groups attached to an aromatic ring is 1. The Morgan fingerprint density at radius 2 is 2.14 bits per heavy atom. The number of nitrogens with zero attached hydrogens (tertiary/aromatic N) is 1. The van der Waals surface area contributed by atoms with E-state index in [-0.39, 0.29) is 5.02 Å². The van der Waals surface area contributed by atoms with Gasteiger partial charge in [0.05, 0.1) is 17.3 Å². The van der Waals surface area contributed by atoms with Gasteiger partial charge < -0.3 is 15.8 Å². The van der Waals surface area contributed by atoms with Crippen LogP contribution in [0, 0.1) is 5.82 Å². The number of hydrogen-bond donors (Lipinski definition) is 2. The summed E-state index contributed by atoms with van der Waals surface area (Å²) in [5.41, 5.74) is 7.16. The third-order valence-electron chi connectivity index (χ3n) is 2.79. The molecule has 2 aromatic rings. The van der Waals surface area contributed by atoms with E-state index in [4.69, 9.17) is 22.1 Å². The van der Waals surface area contributed by atoms with E-state index < -0.39 is 5.82 Å². The molecule has 2 rings (SSSR count). The molecular weight excluding hydrogens is 293 g/mol. The molecule has 0 aliphatic heterocycles. The number of nitrogens with two attached hydrogens (primary N) is 1. The van der Waals surface area contributed by atoms with Crippen LogP contribution in [0.5, 0.6) is 5.88 Å². The number of benzene rings is 1. The summed E-state index contributed by atoms with van der Waals surface area (Å²) in [4.78, 5) is 4.30. The monoisotopic (exact) mass is 309 g/mol. The lowest BCUT2D eigenvalue weighted by molar-refractivity contribution is 0.307. The third kappa shape index (κ3) is 4.23. The number of aromatic nitrogens is 1. The van der Waals surface area contributed by atoms with Gasteiger partial charge in [0.2, 0.25) is 5.88 Å². The maximum atomic E-state index is 13.1. The summed E-state index contributed by atoms with van der Waals surface area (Å²) in [5, 5.41) is 3.23. The van der Waals surface area contributed by atoms with Gasteiger partial charge in [0.1, 0.15) is 11.6 Å². The Morgan fingerprint density at radius 3 is 2.86 bits per heavy atom. The van der Waals surface area contributed by atoms with Gasteiger partial charge in [-0.05, 0) is 36.2 Å².